The number of hydrazone groups is 1. The number of hydrogen-bond donors (Lipinski definition) is 1. The largest absolute Gasteiger partial charge is 0.356 e. The van der Waals surface area contributed by atoms with Crippen molar-refractivity contribution in [2.75, 3.05) is 13.1 Å². The molecule has 0 saturated heterocycles. The summed E-state index contributed by atoms with van der Waals surface area (Å²) < 4.78 is 0. The zero-order chi connectivity index (χ0) is 15.1. The van der Waals surface area contributed by atoms with E-state index in [1.807, 2.05) is 37.3 Å². The predicted molar refractivity (Wildman–Crippen MR) is 81.8 cm³/mol. The summed E-state index contributed by atoms with van der Waals surface area (Å²) in [4.78, 5) is 23.5. The van der Waals surface area contributed by atoms with E-state index in [1.165, 1.54) is 5.01 Å². The van der Waals surface area contributed by atoms with Gasteiger partial charge >= 0.3 is 0 Å². The molecule has 0 radical (unpaired) electrons. The molecule has 112 valence electrons. The van der Waals surface area contributed by atoms with Crippen LogP contribution in [0.25, 0.3) is 0 Å². The van der Waals surface area contributed by atoms with Crippen molar-refractivity contribution in [3.63, 3.8) is 0 Å². The number of rotatable bonds is 6. The fraction of sp³-hybridized carbons (Fsp3) is 0.438. The van der Waals surface area contributed by atoms with E-state index >= 15 is 0 Å². The van der Waals surface area contributed by atoms with Crippen molar-refractivity contribution < 1.29 is 9.59 Å². The Labute approximate surface area is 125 Å². The number of nitrogens with one attached hydrogen (secondary N) is 1. The van der Waals surface area contributed by atoms with Crippen LogP contribution in [0.5, 0.6) is 0 Å². The van der Waals surface area contributed by atoms with E-state index in [1.54, 1.807) is 0 Å². The van der Waals surface area contributed by atoms with Crippen molar-refractivity contribution in [2.24, 2.45) is 5.10 Å². The van der Waals surface area contributed by atoms with Gasteiger partial charge in [0.15, 0.2) is 0 Å². The molecule has 0 spiro atoms. The molecule has 2 rings (SSSR count). The van der Waals surface area contributed by atoms with Crippen LogP contribution >= 0.6 is 0 Å². The Balaban J connectivity index is 1.84. The predicted octanol–water partition coefficient (Wildman–Crippen LogP) is 1.93. The molecule has 0 saturated carbocycles. The maximum Gasteiger partial charge on any atom is 0.243 e. The molecule has 5 heteroatoms. The van der Waals surface area contributed by atoms with Gasteiger partial charge in [-0.25, -0.2) is 5.01 Å². The second kappa shape index (κ2) is 7.57. The Kier molecular flexibility index (Phi) is 5.49. The summed E-state index contributed by atoms with van der Waals surface area (Å²) in [7, 11) is 0. The molecule has 0 bridgehead atoms. The summed E-state index contributed by atoms with van der Waals surface area (Å²) in [6, 6.07) is 9.85. The fourth-order valence-corrected chi connectivity index (χ4v) is 2.17. The van der Waals surface area contributed by atoms with Gasteiger partial charge in [0.05, 0.1) is 12.3 Å². The molecule has 0 atom stereocenters. The van der Waals surface area contributed by atoms with Gasteiger partial charge in [0, 0.05) is 25.8 Å². The molecule has 5 nitrogen and oxygen atoms in total. The van der Waals surface area contributed by atoms with Gasteiger partial charge in [0.1, 0.15) is 0 Å². The summed E-state index contributed by atoms with van der Waals surface area (Å²) in [6.45, 7) is 3.25. The molecule has 0 unspecified atom stereocenters. The van der Waals surface area contributed by atoms with E-state index < -0.39 is 0 Å². The number of carbonyl (C=O) groups excluding carboxylic acids is 2. The summed E-state index contributed by atoms with van der Waals surface area (Å²) in [5.41, 5.74) is 1.98. The van der Waals surface area contributed by atoms with Crippen molar-refractivity contribution in [2.45, 2.75) is 32.6 Å². The summed E-state index contributed by atoms with van der Waals surface area (Å²) in [6.07, 6.45) is 2.10. The average molecular weight is 287 g/mol. The van der Waals surface area contributed by atoms with Crippen molar-refractivity contribution in [3.8, 4) is 0 Å². The second-order valence-corrected chi connectivity index (χ2v) is 5.03. The normalized spacial score (nSPS) is 14.0. The average Bonchev–Trinajstić information content (AvgIpc) is 3.01. The number of hydrogen-bond acceptors (Lipinski definition) is 3. The van der Waals surface area contributed by atoms with Crippen LogP contribution in [0, 0.1) is 0 Å². The van der Waals surface area contributed by atoms with Crippen molar-refractivity contribution >= 4 is 17.5 Å². The first-order valence-corrected chi connectivity index (χ1v) is 7.40. The standard InChI is InChI=1S/C16H21N3O2/c1-2-11-17-15(20)8-9-16(21)19-12-10-14(18-19)13-6-4-3-5-7-13/h3-7H,2,8-12H2,1H3,(H,17,20). The van der Waals surface area contributed by atoms with E-state index in [-0.39, 0.29) is 24.7 Å². The molecule has 1 aliphatic rings. The van der Waals surface area contributed by atoms with Crippen LogP contribution in [0.1, 0.15) is 38.2 Å². The van der Waals surface area contributed by atoms with E-state index in [0.717, 1.165) is 24.1 Å². The highest BCUT2D eigenvalue weighted by molar-refractivity contribution is 6.02. The van der Waals surface area contributed by atoms with E-state index in [4.69, 9.17) is 0 Å². The first-order valence-electron chi connectivity index (χ1n) is 7.40. The van der Waals surface area contributed by atoms with Crippen LogP contribution < -0.4 is 5.32 Å². The Hall–Kier alpha value is -2.17. The van der Waals surface area contributed by atoms with Gasteiger partial charge in [-0.15, -0.1) is 0 Å². The molecule has 1 aliphatic heterocycles. The van der Waals surface area contributed by atoms with Gasteiger partial charge in [-0.1, -0.05) is 37.3 Å². The molecule has 1 heterocycles. The highest BCUT2D eigenvalue weighted by atomic mass is 16.2. The van der Waals surface area contributed by atoms with Crippen molar-refractivity contribution in [3.05, 3.63) is 35.9 Å². The highest BCUT2D eigenvalue weighted by Gasteiger charge is 2.21. The molecular formula is C16H21N3O2. The number of carbonyl (C=O) groups is 2. The molecule has 0 aliphatic carbocycles. The zero-order valence-electron chi connectivity index (χ0n) is 12.3. The third-order valence-electron chi connectivity index (χ3n) is 3.33. The smallest absolute Gasteiger partial charge is 0.243 e. The Morgan fingerprint density at radius 2 is 2.00 bits per heavy atom. The van der Waals surface area contributed by atoms with E-state index in [9.17, 15) is 9.59 Å². The molecule has 2 amide bonds. The number of nitrogens with zero attached hydrogens (tertiary/aromatic N) is 2. The monoisotopic (exact) mass is 287 g/mol. The highest BCUT2D eigenvalue weighted by Crippen LogP contribution is 2.14. The van der Waals surface area contributed by atoms with E-state index in [2.05, 4.69) is 10.4 Å². The minimum absolute atomic E-state index is 0.0725. The molecule has 0 aromatic heterocycles. The van der Waals surface area contributed by atoms with Crippen LogP contribution in [0.3, 0.4) is 0 Å². The summed E-state index contributed by atoms with van der Waals surface area (Å²) >= 11 is 0. The SMILES string of the molecule is CCCNC(=O)CCC(=O)N1CCC(c2ccccc2)=N1. The molecule has 0 fully saturated rings. The first-order chi connectivity index (χ1) is 10.2. The van der Waals surface area contributed by atoms with Crippen LogP contribution in [0.4, 0.5) is 0 Å². The van der Waals surface area contributed by atoms with Gasteiger partial charge in [0.25, 0.3) is 0 Å². The van der Waals surface area contributed by atoms with Crippen LogP contribution in [-0.2, 0) is 9.59 Å². The summed E-state index contributed by atoms with van der Waals surface area (Å²) in [5.74, 6) is -0.163. The molecule has 1 N–H and O–H groups in total. The lowest BCUT2D eigenvalue weighted by Gasteiger charge is -2.11. The van der Waals surface area contributed by atoms with Crippen LogP contribution in [0.2, 0.25) is 0 Å². The van der Waals surface area contributed by atoms with E-state index in [0.29, 0.717) is 13.1 Å². The first kappa shape index (κ1) is 15.2. The lowest BCUT2D eigenvalue weighted by Crippen LogP contribution is -2.28. The molecule has 1 aromatic carbocycles. The second-order valence-electron chi connectivity index (χ2n) is 5.03. The van der Waals surface area contributed by atoms with Gasteiger partial charge in [-0.3, -0.25) is 9.59 Å². The molecular weight excluding hydrogens is 266 g/mol. The summed E-state index contributed by atoms with van der Waals surface area (Å²) in [5, 5.41) is 8.62. The zero-order valence-corrected chi connectivity index (χ0v) is 12.3. The maximum absolute atomic E-state index is 12.0. The minimum Gasteiger partial charge on any atom is -0.356 e. The fourth-order valence-electron chi connectivity index (χ4n) is 2.17. The molecule has 1 aromatic rings. The number of benzene rings is 1. The van der Waals surface area contributed by atoms with Crippen LogP contribution in [-0.4, -0.2) is 35.6 Å². The van der Waals surface area contributed by atoms with Gasteiger partial charge in [-0.2, -0.15) is 5.10 Å². The van der Waals surface area contributed by atoms with Crippen LogP contribution in [0.15, 0.2) is 35.4 Å². The third kappa shape index (κ3) is 4.41. The lowest BCUT2D eigenvalue weighted by molar-refractivity contribution is -0.133. The minimum atomic E-state index is -0.0902. The quantitative estimate of drug-likeness (QED) is 0.869. The topological polar surface area (TPSA) is 61.8 Å². The lowest BCUT2D eigenvalue weighted by atomic mass is 10.1. The Morgan fingerprint density at radius 1 is 1.24 bits per heavy atom. The van der Waals surface area contributed by atoms with Gasteiger partial charge in [0.2, 0.25) is 11.8 Å². The van der Waals surface area contributed by atoms with Gasteiger partial charge in [-0.05, 0) is 12.0 Å². The van der Waals surface area contributed by atoms with Crippen molar-refractivity contribution in [1.82, 2.24) is 10.3 Å². The Morgan fingerprint density at radius 3 is 2.71 bits per heavy atom. The third-order valence-corrected chi connectivity index (χ3v) is 3.33. The Bertz CT molecular complexity index is 526. The number of amides is 2. The van der Waals surface area contributed by atoms with Gasteiger partial charge < -0.3 is 5.32 Å². The maximum atomic E-state index is 12.0. The molecule has 21 heavy (non-hydrogen) atoms. The van der Waals surface area contributed by atoms with Crippen molar-refractivity contribution in [1.29, 1.82) is 0 Å².